The zero-order valence-electron chi connectivity index (χ0n) is 11.6. The molecule has 1 heterocycles. The lowest BCUT2D eigenvalue weighted by Gasteiger charge is -2.16. The molecule has 0 radical (unpaired) electrons. The first-order valence-electron chi connectivity index (χ1n) is 6.69. The highest BCUT2D eigenvalue weighted by Crippen LogP contribution is 2.22. The van der Waals surface area contributed by atoms with Crippen molar-refractivity contribution in [3.63, 3.8) is 0 Å². The van der Waals surface area contributed by atoms with Crippen LogP contribution in [-0.4, -0.2) is 14.8 Å². The van der Waals surface area contributed by atoms with E-state index < -0.39 is 0 Å². The molecule has 0 amide bonds. The number of aromatic nitrogens is 3. The number of halogens is 1. The Bertz CT molecular complexity index is 707. The van der Waals surface area contributed by atoms with Gasteiger partial charge >= 0.3 is 0 Å². The quantitative estimate of drug-likeness (QED) is 0.772. The van der Waals surface area contributed by atoms with E-state index in [9.17, 15) is 0 Å². The maximum absolute atomic E-state index is 4.11. The molecular formula is C16H15BrN4. The zero-order chi connectivity index (χ0) is 14.7. The van der Waals surface area contributed by atoms with Gasteiger partial charge in [0.15, 0.2) is 0 Å². The van der Waals surface area contributed by atoms with Gasteiger partial charge in [0.25, 0.3) is 0 Å². The lowest BCUT2D eigenvalue weighted by molar-refractivity contribution is 0.872. The van der Waals surface area contributed by atoms with Crippen molar-refractivity contribution in [1.29, 1.82) is 0 Å². The first-order valence-corrected chi connectivity index (χ1v) is 7.49. The molecule has 0 spiro atoms. The molecule has 5 heteroatoms. The summed E-state index contributed by atoms with van der Waals surface area (Å²) >= 11 is 3.50. The van der Waals surface area contributed by atoms with Crippen molar-refractivity contribution >= 4 is 21.6 Å². The van der Waals surface area contributed by atoms with E-state index in [1.54, 1.807) is 11.0 Å². The summed E-state index contributed by atoms with van der Waals surface area (Å²) in [6, 6.07) is 16.7. The summed E-state index contributed by atoms with van der Waals surface area (Å²) in [7, 11) is 0. The standard InChI is InChI=1S/C16H15BrN4/c1-12(13-3-2-4-14(17)9-13)20-15-5-7-16(8-6-15)21-11-18-10-19-21/h2-12,20H,1H3. The molecule has 4 nitrogen and oxygen atoms in total. The molecule has 1 unspecified atom stereocenters. The second-order valence-corrected chi connectivity index (χ2v) is 5.72. The molecule has 0 fully saturated rings. The number of benzene rings is 2. The first-order chi connectivity index (χ1) is 10.2. The summed E-state index contributed by atoms with van der Waals surface area (Å²) in [5.41, 5.74) is 3.31. The van der Waals surface area contributed by atoms with Gasteiger partial charge in [-0.15, -0.1) is 0 Å². The second-order valence-electron chi connectivity index (χ2n) is 4.81. The average molecular weight is 343 g/mol. The van der Waals surface area contributed by atoms with Gasteiger partial charge in [-0.1, -0.05) is 28.1 Å². The molecule has 1 atom stereocenters. The van der Waals surface area contributed by atoms with Crippen LogP contribution >= 0.6 is 15.9 Å². The van der Waals surface area contributed by atoms with E-state index in [0.717, 1.165) is 15.8 Å². The molecule has 3 aromatic rings. The summed E-state index contributed by atoms with van der Waals surface area (Å²) in [6.45, 7) is 2.15. The van der Waals surface area contributed by atoms with Gasteiger partial charge in [0, 0.05) is 16.2 Å². The number of nitrogens with zero attached hydrogens (tertiary/aromatic N) is 3. The van der Waals surface area contributed by atoms with Crippen molar-refractivity contribution in [3.05, 3.63) is 71.2 Å². The van der Waals surface area contributed by atoms with E-state index in [1.807, 2.05) is 36.4 Å². The van der Waals surface area contributed by atoms with Crippen LogP contribution in [0.15, 0.2) is 65.7 Å². The third-order valence-electron chi connectivity index (χ3n) is 3.28. The van der Waals surface area contributed by atoms with Crippen LogP contribution in [0.5, 0.6) is 0 Å². The lowest BCUT2D eigenvalue weighted by Crippen LogP contribution is -2.06. The van der Waals surface area contributed by atoms with Gasteiger partial charge in [0.05, 0.1) is 5.69 Å². The van der Waals surface area contributed by atoms with Crippen LogP contribution in [0.2, 0.25) is 0 Å². The van der Waals surface area contributed by atoms with Gasteiger partial charge in [0.1, 0.15) is 12.7 Å². The maximum atomic E-state index is 4.11. The predicted octanol–water partition coefficient (Wildman–Crippen LogP) is 4.20. The topological polar surface area (TPSA) is 42.7 Å². The lowest BCUT2D eigenvalue weighted by atomic mass is 10.1. The molecule has 0 saturated heterocycles. The van der Waals surface area contributed by atoms with Crippen LogP contribution in [0.4, 0.5) is 5.69 Å². The van der Waals surface area contributed by atoms with Crippen molar-refractivity contribution in [2.75, 3.05) is 5.32 Å². The maximum Gasteiger partial charge on any atom is 0.138 e. The summed E-state index contributed by atoms with van der Waals surface area (Å²) in [5, 5.41) is 7.61. The van der Waals surface area contributed by atoms with Crippen LogP contribution in [0.1, 0.15) is 18.5 Å². The van der Waals surface area contributed by atoms with Gasteiger partial charge in [-0.3, -0.25) is 0 Å². The van der Waals surface area contributed by atoms with Crippen LogP contribution in [-0.2, 0) is 0 Å². The predicted molar refractivity (Wildman–Crippen MR) is 87.5 cm³/mol. The van der Waals surface area contributed by atoms with Gasteiger partial charge in [-0.2, -0.15) is 5.10 Å². The Kier molecular flexibility index (Phi) is 4.01. The van der Waals surface area contributed by atoms with E-state index in [2.05, 4.69) is 50.4 Å². The molecule has 0 bridgehead atoms. The van der Waals surface area contributed by atoms with Crippen molar-refractivity contribution < 1.29 is 0 Å². The number of anilines is 1. The van der Waals surface area contributed by atoms with Crippen molar-refractivity contribution in [2.24, 2.45) is 0 Å². The Morgan fingerprint density at radius 1 is 1.14 bits per heavy atom. The third kappa shape index (κ3) is 3.31. The minimum absolute atomic E-state index is 0.236. The number of hydrogen-bond acceptors (Lipinski definition) is 3. The fraction of sp³-hybridized carbons (Fsp3) is 0.125. The second kappa shape index (κ2) is 6.10. The molecule has 0 saturated carbocycles. The van der Waals surface area contributed by atoms with Crippen LogP contribution in [0.3, 0.4) is 0 Å². The monoisotopic (exact) mass is 342 g/mol. The Hall–Kier alpha value is -2.14. The minimum atomic E-state index is 0.236. The molecular weight excluding hydrogens is 328 g/mol. The molecule has 0 aliphatic rings. The molecule has 2 aromatic carbocycles. The van der Waals surface area contributed by atoms with Crippen molar-refractivity contribution in [3.8, 4) is 5.69 Å². The average Bonchev–Trinajstić information content (AvgIpc) is 3.02. The number of nitrogens with one attached hydrogen (secondary N) is 1. The number of rotatable bonds is 4. The fourth-order valence-electron chi connectivity index (χ4n) is 2.16. The highest BCUT2D eigenvalue weighted by atomic mass is 79.9. The Balaban J connectivity index is 1.73. The molecule has 106 valence electrons. The first kappa shape index (κ1) is 13.8. The summed E-state index contributed by atoms with van der Waals surface area (Å²) < 4.78 is 2.83. The van der Waals surface area contributed by atoms with E-state index in [0.29, 0.717) is 0 Å². The Morgan fingerprint density at radius 3 is 2.62 bits per heavy atom. The zero-order valence-corrected chi connectivity index (χ0v) is 13.2. The van der Waals surface area contributed by atoms with Crippen molar-refractivity contribution in [2.45, 2.75) is 13.0 Å². The summed E-state index contributed by atoms with van der Waals surface area (Å²) in [5.74, 6) is 0. The van der Waals surface area contributed by atoms with E-state index in [1.165, 1.54) is 11.9 Å². The molecule has 0 aliphatic carbocycles. The van der Waals surface area contributed by atoms with Crippen molar-refractivity contribution in [1.82, 2.24) is 14.8 Å². The molecule has 1 aromatic heterocycles. The fourth-order valence-corrected chi connectivity index (χ4v) is 2.58. The summed E-state index contributed by atoms with van der Waals surface area (Å²) in [4.78, 5) is 3.95. The van der Waals surface area contributed by atoms with Crippen LogP contribution < -0.4 is 5.32 Å². The van der Waals surface area contributed by atoms with Crippen LogP contribution in [0.25, 0.3) is 5.69 Å². The molecule has 0 aliphatic heterocycles. The Morgan fingerprint density at radius 2 is 1.95 bits per heavy atom. The van der Waals surface area contributed by atoms with Gasteiger partial charge < -0.3 is 5.32 Å². The van der Waals surface area contributed by atoms with Gasteiger partial charge in [-0.05, 0) is 48.9 Å². The van der Waals surface area contributed by atoms with Gasteiger partial charge in [0.2, 0.25) is 0 Å². The summed E-state index contributed by atoms with van der Waals surface area (Å²) in [6.07, 6.45) is 3.22. The molecule has 21 heavy (non-hydrogen) atoms. The van der Waals surface area contributed by atoms with E-state index in [4.69, 9.17) is 0 Å². The normalized spacial score (nSPS) is 12.1. The smallest absolute Gasteiger partial charge is 0.138 e. The largest absolute Gasteiger partial charge is 0.379 e. The highest BCUT2D eigenvalue weighted by molar-refractivity contribution is 9.10. The molecule has 1 N–H and O–H groups in total. The van der Waals surface area contributed by atoms with E-state index in [-0.39, 0.29) is 6.04 Å². The molecule has 3 rings (SSSR count). The number of hydrogen-bond donors (Lipinski definition) is 1. The van der Waals surface area contributed by atoms with Gasteiger partial charge in [-0.25, -0.2) is 9.67 Å². The third-order valence-corrected chi connectivity index (χ3v) is 3.78. The Labute approximate surface area is 132 Å². The minimum Gasteiger partial charge on any atom is -0.379 e. The van der Waals surface area contributed by atoms with Crippen LogP contribution in [0, 0.1) is 0 Å². The van der Waals surface area contributed by atoms with E-state index >= 15 is 0 Å². The SMILES string of the molecule is CC(Nc1ccc(-n2cncn2)cc1)c1cccc(Br)c1. The highest BCUT2D eigenvalue weighted by Gasteiger charge is 2.06.